The standard InChI is InChI=1S/C19H22N2O5/c1-4-10-20-15(22)11-26-19(25)16(12(3)5-2)21-17(23)13-8-6-7-9-14(13)18(21)24/h4,6-9,12,16H,1,5,10-11H2,2-3H3,(H,20,22). The van der Waals surface area contributed by atoms with E-state index in [0.717, 1.165) is 4.90 Å². The van der Waals surface area contributed by atoms with E-state index in [2.05, 4.69) is 11.9 Å². The molecule has 0 saturated carbocycles. The van der Waals surface area contributed by atoms with Crippen LogP contribution in [0.25, 0.3) is 0 Å². The highest BCUT2D eigenvalue weighted by Crippen LogP contribution is 2.28. The number of ether oxygens (including phenoxy) is 1. The number of carbonyl (C=O) groups excluding carboxylic acids is 4. The maximum absolute atomic E-state index is 12.7. The van der Waals surface area contributed by atoms with Gasteiger partial charge >= 0.3 is 5.97 Å². The van der Waals surface area contributed by atoms with Gasteiger partial charge in [-0.2, -0.15) is 0 Å². The normalized spacial score (nSPS) is 15.2. The number of hydrogen-bond acceptors (Lipinski definition) is 5. The number of nitrogens with zero attached hydrogens (tertiary/aromatic N) is 1. The Balaban J connectivity index is 2.19. The molecule has 0 aromatic heterocycles. The van der Waals surface area contributed by atoms with Crippen LogP contribution in [0.15, 0.2) is 36.9 Å². The number of benzene rings is 1. The number of nitrogens with one attached hydrogen (secondary N) is 1. The summed E-state index contributed by atoms with van der Waals surface area (Å²) in [7, 11) is 0. The second kappa shape index (κ2) is 8.42. The summed E-state index contributed by atoms with van der Waals surface area (Å²) >= 11 is 0. The second-order valence-corrected chi connectivity index (χ2v) is 6.06. The minimum atomic E-state index is -1.08. The van der Waals surface area contributed by atoms with Gasteiger partial charge in [0, 0.05) is 6.54 Å². The van der Waals surface area contributed by atoms with E-state index in [1.165, 1.54) is 6.08 Å². The van der Waals surface area contributed by atoms with Crippen LogP contribution in [0, 0.1) is 5.92 Å². The highest BCUT2D eigenvalue weighted by atomic mass is 16.5. The largest absolute Gasteiger partial charge is 0.454 e. The van der Waals surface area contributed by atoms with E-state index in [1.807, 2.05) is 6.92 Å². The number of imide groups is 1. The van der Waals surface area contributed by atoms with Crippen LogP contribution in [-0.4, -0.2) is 47.8 Å². The smallest absolute Gasteiger partial charge is 0.330 e. The Morgan fingerprint density at radius 2 is 1.81 bits per heavy atom. The van der Waals surface area contributed by atoms with Crippen LogP contribution in [-0.2, 0) is 14.3 Å². The Labute approximate surface area is 152 Å². The SMILES string of the molecule is C=CCNC(=O)COC(=O)C(C(C)CC)N1C(=O)c2ccccc2C1=O. The topological polar surface area (TPSA) is 92.8 Å². The quantitative estimate of drug-likeness (QED) is 0.432. The fourth-order valence-electron chi connectivity index (χ4n) is 2.74. The molecule has 0 spiro atoms. The van der Waals surface area contributed by atoms with Gasteiger partial charge in [-0.1, -0.05) is 38.5 Å². The predicted octanol–water partition coefficient (Wildman–Crippen LogP) is 1.54. The number of esters is 1. The van der Waals surface area contributed by atoms with Gasteiger partial charge in [-0.3, -0.25) is 19.3 Å². The van der Waals surface area contributed by atoms with Crippen LogP contribution in [0.3, 0.4) is 0 Å². The molecule has 138 valence electrons. The molecule has 1 heterocycles. The van der Waals surface area contributed by atoms with Crippen LogP contribution in [0.1, 0.15) is 41.0 Å². The maximum atomic E-state index is 12.7. The Kier molecular flexibility index (Phi) is 6.27. The average molecular weight is 358 g/mol. The molecule has 2 atom stereocenters. The highest BCUT2D eigenvalue weighted by molar-refractivity contribution is 6.22. The molecule has 1 aliphatic rings. The van der Waals surface area contributed by atoms with E-state index in [-0.39, 0.29) is 23.6 Å². The van der Waals surface area contributed by atoms with Gasteiger partial charge in [0.15, 0.2) is 6.61 Å². The highest BCUT2D eigenvalue weighted by Gasteiger charge is 2.45. The zero-order valence-electron chi connectivity index (χ0n) is 14.9. The van der Waals surface area contributed by atoms with Crippen molar-refractivity contribution in [1.29, 1.82) is 0 Å². The van der Waals surface area contributed by atoms with Crippen LogP contribution in [0.4, 0.5) is 0 Å². The van der Waals surface area contributed by atoms with Crippen molar-refractivity contribution in [3.05, 3.63) is 48.0 Å². The number of carbonyl (C=O) groups is 4. The van der Waals surface area contributed by atoms with E-state index in [0.29, 0.717) is 6.42 Å². The number of amides is 3. The van der Waals surface area contributed by atoms with Crippen molar-refractivity contribution >= 4 is 23.7 Å². The van der Waals surface area contributed by atoms with Crippen LogP contribution in [0.5, 0.6) is 0 Å². The molecule has 0 saturated heterocycles. The van der Waals surface area contributed by atoms with Crippen molar-refractivity contribution in [2.75, 3.05) is 13.2 Å². The predicted molar refractivity (Wildman–Crippen MR) is 94.4 cm³/mol. The third kappa shape index (κ3) is 3.82. The monoisotopic (exact) mass is 358 g/mol. The van der Waals surface area contributed by atoms with Gasteiger partial charge in [-0.15, -0.1) is 6.58 Å². The second-order valence-electron chi connectivity index (χ2n) is 6.06. The molecule has 0 aliphatic carbocycles. The van der Waals surface area contributed by atoms with Gasteiger partial charge < -0.3 is 10.1 Å². The van der Waals surface area contributed by atoms with Crippen LogP contribution in [0.2, 0.25) is 0 Å². The van der Waals surface area contributed by atoms with Crippen molar-refractivity contribution in [2.45, 2.75) is 26.3 Å². The lowest BCUT2D eigenvalue weighted by atomic mass is 9.97. The van der Waals surface area contributed by atoms with Gasteiger partial charge in [-0.05, 0) is 18.1 Å². The first-order valence-corrected chi connectivity index (χ1v) is 8.43. The van der Waals surface area contributed by atoms with Gasteiger partial charge in [0.25, 0.3) is 17.7 Å². The third-order valence-corrected chi connectivity index (χ3v) is 4.32. The summed E-state index contributed by atoms with van der Waals surface area (Å²) in [6, 6.07) is 5.34. The molecule has 1 N–H and O–H groups in total. The average Bonchev–Trinajstić information content (AvgIpc) is 2.90. The zero-order chi connectivity index (χ0) is 19.3. The molecular weight excluding hydrogens is 336 g/mol. The summed E-state index contributed by atoms with van der Waals surface area (Å²) < 4.78 is 5.06. The van der Waals surface area contributed by atoms with Crippen molar-refractivity contribution in [1.82, 2.24) is 10.2 Å². The molecule has 0 fully saturated rings. The molecule has 3 amide bonds. The van der Waals surface area contributed by atoms with E-state index >= 15 is 0 Å². The summed E-state index contributed by atoms with van der Waals surface area (Å²) in [6.45, 7) is 6.85. The Bertz CT molecular complexity index is 708. The molecule has 2 unspecified atom stereocenters. The van der Waals surface area contributed by atoms with E-state index in [1.54, 1.807) is 31.2 Å². The Hall–Kier alpha value is -2.96. The molecule has 1 aromatic carbocycles. The minimum Gasteiger partial charge on any atom is -0.454 e. The summed E-state index contributed by atoms with van der Waals surface area (Å²) in [5.41, 5.74) is 0.532. The first kappa shape index (κ1) is 19.4. The fourth-order valence-corrected chi connectivity index (χ4v) is 2.74. The molecule has 1 aliphatic heterocycles. The molecular formula is C19H22N2O5. The zero-order valence-corrected chi connectivity index (χ0v) is 14.9. The van der Waals surface area contributed by atoms with Gasteiger partial charge in [-0.25, -0.2) is 4.79 Å². The van der Waals surface area contributed by atoms with E-state index in [4.69, 9.17) is 4.74 Å². The van der Waals surface area contributed by atoms with Gasteiger partial charge in [0.05, 0.1) is 11.1 Å². The third-order valence-electron chi connectivity index (χ3n) is 4.32. The van der Waals surface area contributed by atoms with Crippen molar-refractivity contribution in [3.8, 4) is 0 Å². The molecule has 26 heavy (non-hydrogen) atoms. The molecule has 0 bridgehead atoms. The number of rotatable bonds is 8. The molecule has 7 heteroatoms. The van der Waals surface area contributed by atoms with Gasteiger partial charge in [0.2, 0.25) is 0 Å². The molecule has 2 rings (SSSR count). The summed E-state index contributed by atoms with van der Waals surface area (Å²) in [6.07, 6.45) is 2.05. The van der Waals surface area contributed by atoms with Crippen LogP contribution >= 0.6 is 0 Å². The number of hydrogen-bond donors (Lipinski definition) is 1. The lowest BCUT2D eigenvalue weighted by Gasteiger charge is -2.28. The van der Waals surface area contributed by atoms with E-state index in [9.17, 15) is 19.2 Å². The van der Waals surface area contributed by atoms with Crippen molar-refractivity contribution in [3.63, 3.8) is 0 Å². The number of fused-ring (bicyclic) bond motifs is 1. The maximum Gasteiger partial charge on any atom is 0.330 e. The fraction of sp³-hybridized carbons (Fsp3) is 0.368. The lowest BCUT2D eigenvalue weighted by Crippen LogP contribution is -2.49. The van der Waals surface area contributed by atoms with Crippen molar-refractivity contribution < 1.29 is 23.9 Å². The van der Waals surface area contributed by atoms with E-state index < -0.39 is 36.3 Å². The molecule has 0 radical (unpaired) electrons. The first-order chi connectivity index (χ1) is 12.4. The Morgan fingerprint density at radius 3 is 2.31 bits per heavy atom. The Morgan fingerprint density at radius 1 is 1.23 bits per heavy atom. The lowest BCUT2D eigenvalue weighted by molar-refractivity contribution is -0.153. The minimum absolute atomic E-state index is 0.254. The summed E-state index contributed by atoms with van der Waals surface area (Å²) in [5, 5.41) is 2.49. The summed E-state index contributed by atoms with van der Waals surface area (Å²) in [5.74, 6) is -2.63. The van der Waals surface area contributed by atoms with Gasteiger partial charge in [0.1, 0.15) is 6.04 Å². The van der Waals surface area contributed by atoms with Crippen LogP contribution < -0.4 is 5.32 Å². The first-order valence-electron chi connectivity index (χ1n) is 8.43. The molecule has 7 nitrogen and oxygen atoms in total. The van der Waals surface area contributed by atoms with Crippen molar-refractivity contribution in [2.24, 2.45) is 5.92 Å². The molecule has 1 aromatic rings. The summed E-state index contributed by atoms with van der Waals surface area (Å²) in [4.78, 5) is 50.5.